The van der Waals surface area contributed by atoms with Gasteiger partial charge in [-0.1, -0.05) is 31.5 Å². The highest BCUT2D eigenvalue weighted by atomic mass is 16.5. The second-order valence-electron chi connectivity index (χ2n) is 7.91. The third-order valence-corrected chi connectivity index (χ3v) is 5.39. The SMILES string of the molecule is CCCCNC(=O)CN1CCN(Cc2ccc3cc(OC)ccc3c2)CC1.O=C(O)C(=O)O. The number of fused-ring (bicyclic) bond motifs is 1. The third-order valence-electron chi connectivity index (χ3n) is 5.39. The van der Waals surface area contributed by atoms with Crippen LogP contribution in [0, 0.1) is 0 Å². The number of ether oxygens (including phenoxy) is 1. The number of benzene rings is 2. The quantitative estimate of drug-likeness (QED) is 0.405. The predicted molar refractivity (Wildman–Crippen MR) is 125 cm³/mol. The molecule has 1 aliphatic rings. The Labute approximate surface area is 193 Å². The van der Waals surface area contributed by atoms with Gasteiger partial charge in [0.2, 0.25) is 5.91 Å². The van der Waals surface area contributed by atoms with Crippen LogP contribution in [-0.2, 0) is 20.9 Å². The molecular formula is C24H33N3O6. The maximum atomic E-state index is 12.0. The molecule has 2 aromatic rings. The first-order valence-electron chi connectivity index (χ1n) is 11.1. The van der Waals surface area contributed by atoms with Crippen LogP contribution in [0.15, 0.2) is 36.4 Å². The van der Waals surface area contributed by atoms with Crippen molar-refractivity contribution in [3.05, 3.63) is 42.0 Å². The summed E-state index contributed by atoms with van der Waals surface area (Å²) in [6.45, 7) is 8.32. The van der Waals surface area contributed by atoms with Crippen LogP contribution in [0.5, 0.6) is 5.75 Å². The van der Waals surface area contributed by atoms with E-state index in [0.29, 0.717) is 6.54 Å². The van der Waals surface area contributed by atoms with Crippen LogP contribution in [0.4, 0.5) is 0 Å². The summed E-state index contributed by atoms with van der Waals surface area (Å²) >= 11 is 0. The molecular weight excluding hydrogens is 426 g/mol. The van der Waals surface area contributed by atoms with Crippen LogP contribution in [0.25, 0.3) is 10.8 Å². The van der Waals surface area contributed by atoms with Gasteiger partial charge in [0.15, 0.2) is 0 Å². The molecule has 33 heavy (non-hydrogen) atoms. The normalized spacial score (nSPS) is 14.2. The first-order valence-corrected chi connectivity index (χ1v) is 11.1. The summed E-state index contributed by atoms with van der Waals surface area (Å²) in [4.78, 5) is 34.9. The standard InChI is InChI=1S/C22H31N3O2.C2H2O4/c1-3-4-9-23-22(26)17-25-12-10-24(11-13-25)16-18-5-6-20-15-21(27-2)8-7-19(20)14-18;3-1(4)2(5)6/h5-8,14-15H,3-4,9-13,16-17H2,1-2H3,(H,23,26);(H,3,4)(H,5,6). The molecule has 0 spiro atoms. The number of piperazine rings is 1. The molecule has 0 bridgehead atoms. The molecule has 180 valence electrons. The number of carboxylic acid groups (broad SMARTS) is 2. The number of carboxylic acids is 2. The van der Waals surface area contributed by atoms with E-state index in [4.69, 9.17) is 24.5 Å². The van der Waals surface area contributed by atoms with E-state index in [1.807, 2.05) is 6.07 Å². The molecule has 3 N–H and O–H groups in total. The maximum Gasteiger partial charge on any atom is 0.414 e. The fourth-order valence-corrected chi connectivity index (χ4v) is 3.53. The smallest absolute Gasteiger partial charge is 0.414 e. The molecule has 0 aliphatic carbocycles. The Hall–Kier alpha value is -3.17. The van der Waals surface area contributed by atoms with Crippen molar-refractivity contribution in [2.75, 3.05) is 46.4 Å². The average Bonchev–Trinajstić information content (AvgIpc) is 2.80. The third kappa shape index (κ3) is 9.07. The monoisotopic (exact) mass is 459 g/mol. The molecule has 1 aliphatic heterocycles. The van der Waals surface area contributed by atoms with Gasteiger partial charge in [-0.3, -0.25) is 14.6 Å². The summed E-state index contributed by atoms with van der Waals surface area (Å²) < 4.78 is 5.30. The second kappa shape index (κ2) is 13.4. The van der Waals surface area contributed by atoms with E-state index in [-0.39, 0.29) is 5.91 Å². The lowest BCUT2D eigenvalue weighted by molar-refractivity contribution is -0.159. The number of carbonyl (C=O) groups excluding carboxylic acids is 1. The molecule has 0 aromatic heterocycles. The van der Waals surface area contributed by atoms with E-state index in [2.05, 4.69) is 52.4 Å². The molecule has 9 nitrogen and oxygen atoms in total. The lowest BCUT2D eigenvalue weighted by atomic mass is 10.1. The van der Waals surface area contributed by atoms with Gasteiger partial charge in [0.25, 0.3) is 0 Å². The van der Waals surface area contributed by atoms with Crippen LogP contribution >= 0.6 is 0 Å². The van der Waals surface area contributed by atoms with Gasteiger partial charge in [0, 0.05) is 39.3 Å². The Morgan fingerprint density at radius 1 is 0.939 bits per heavy atom. The average molecular weight is 460 g/mol. The fraction of sp³-hybridized carbons (Fsp3) is 0.458. The van der Waals surface area contributed by atoms with Crippen molar-refractivity contribution < 1.29 is 29.3 Å². The molecule has 0 radical (unpaired) electrons. The van der Waals surface area contributed by atoms with Gasteiger partial charge in [0.05, 0.1) is 13.7 Å². The summed E-state index contributed by atoms with van der Waals surface area (Å²) in [6.07, 6.45) is 2.17. The van der Waals surface area contributed by atoms with Crippen molar-refractivity contribution >= 4 is 28.6 Å². The van der Waals surface area contributed by atoms with E-state index in [9.17, 15) is 4.79 Å². The van der Waals surface area contributed by atoms with Crippen molar-refractivity contribution in [1.29, 1.82) is 0 Å². The van der Waals surface area contributed by atoms with Crippen molar-refractivity contribution in [3.8, 4) is 5.75 Å². The summed E-state index contributed by atoms with van der Waals surface area (Å²) in [5, 5.41) is 20.2. The molecule has 1 fully saturated rings. The predicted octanol–water partition coefficient (Wildman–Crippen LogP) is 2.04. The van der Waals surface area contributed by atoms with Gasteiger partial charge < -0.3 is 20.3 Å². The zero-order valence-electron chi connectivity index (χ0n) is 19.2. The first kappa shape index (κ1) is 26.1. The minimum absolute atomic E-state index is 0.154. The van der Waals surface area contributed by atoms with Gasteiger partial charge in [-0.05, 0) is 41.0 Å². The zero-order valence-corrected chi connectivity index (χ0v) is 19.2. The number of unbranched alkanes of at least 4 members (excludes halogenated alkanes) is 1. The maximum absolute atomic E-state index is 12.0. The fourth-order valence-electron chi connectivity index (χ4n) is 3.53. The molecule has 9 heteroatoms. The van der Waals surface area contributed by atoms with Crippen molar-refractivity contribution in [3.63, 3.8) is 0 Å². The molecule has 0 unspecified atom stereocenters. The number of methoxy groups -OCH3 is 1. The second-order valence-corrected chi connectivity index (χ2v) is 7.91. The summed E-state index contributed by atoms with van der Waals surface area (Å²) in [5.74, 6) is -2.60. The lowest BCUT2D eigenvalue weighted by Crippen LogP contribution is -2.49. The van der Waals surface area contributed by atoms with Crippen LogP contribution in [0.3, 0.4) is 0 Å². The van der Waals surface area contributed by atoms with Gasteiger partial charge in [-0.15, -0.1) is 0 Å². The number of amides is 1. The first-order chi connectivity index (χ1) is 15.8. The Morgan fingerprint density at radius 3 is 2.15 bits per heavy atom. The van der Waals surface area contributed by atoms with Gasteiger partial charge >= 0.3 is 11.9 Å². The van der Waals surface area contributed by atoms with E-state index >= 15 is 0 Å². The Morgan fingerprint density at radius 2 is 1.55 bits per heavy atom. The number of rotatable bonds is 8. The summed E-state index contributed by atoms with van der Waals surface area (Å²) in [5.41, 5.74) is 1.33. The van der Waals surface area contributed by atoms with Crippen molar-refractivity contribution in [2.45, 2.75) is 26.3 Å². The number of carbonyl (C=O) groups is 3. The summed E-state index contributed by atoms with van der Waals surface area (Å²) in [7, 11) is 1.70. The molecule has 1 heterocycles. The van der Waals surface area contributed by atoms with Crippen molar-refractivity contribution in [1.82, 2.24) is 15.1 Å². The van der Waals surface area contributed by atoms with E-state index in [1.54, 1.807) is 7.11 Å². The van der Waals surface area contributed by atoms with Crippen LogP contribution in [-0.4, -0.2) is 84.2 Å². The summed E-state index contributed by atoms with van der Waals surface area (Å²) in [6, 6.07) is 12.8. The zero-order chi connectivity index (χ0) is 24.2. The molecule has 0 atom stereocenters. The Kier molecular flexibility index (Phi) is 10.6. The minimum Gasteiger partial charge on any atom is -0.497 e. The largest absolute Gasteiger partial charge is 0.497 e. The van der Waals surface area contributed by atoms with Gasteiger partial charge in [-0.25, -0.2) is 9.59 Å². The van der Waals surface area contributed by atoms with Crippen LogP contribution < -0.4 is 10.1 Å². The Balaban J connectivity index is 0.000000569. The number of hydrogen-bond acceptors (Lipinski definition) is 6. The number of nitrogens with zero attached hydrogens (tertiary/aromatic N) is 2. The van der Waals surface area contributed by atoms with Crippen LogP contribution in [0.2, 0.25) is 0 Å². The number of nitrogens with one attached hydrogen (secondary N) is 1. The Bertz CT molecular complexity index is 929. The molecule has 1 saturated heterocycles. The van der Waals surface area contributed by atoms with E-state index in [1.165, 1.54) is 16.3 Å². The highest BCUT2D eigenvalue weighted by molar-refractivity contribution is 6.27. The van der Waals surface area contributed by atoms with Gasteiger partial charge in [0.1, 0.15) is 5.75 Å². The highest BCUT2D eigenvalue weighted by Gasteiger charge is 2.19. The topological polar surface area (TPSA) is 119 Å². The lowest BCUT2D eigenvalue weighted by Gasteiger charge is -2.34. The molecule has 2 aromatic carbocycles. The number of aliphatic carboxylic acids is 2. The molecule has 1 amide bonds. The minimum atomic E-state index is -1.82. The number of hydrogen-bond donors (Lipinski definition) is 3. The highest BCUT2D eigenvalue weighted by Crippen LogP contribution is 2.22. The molecule has 0 saturated carbocycles. The van der Waals surface area contributed by atoms with E-state index in [0.717, 1.165) is 57.9 Å². The van der Waals surface area contributed by atoms with Crippen molar-refractivity contribution in [2.24, 2.45) is 0 Å². The van der Waals surface area contributed by atoms with Gasteiger partial charge in [-0.2, -0.15) is 0 Å². The van der Waals surface area contributed by atoms with E-state index < -0.39 is 11.9 Å². The van der Waals surface area contributed by atoms with Crippen LogP contribution in [0.1, 0.15) is 25.3 Å². The molecule has 3 rings (SSSR count).